The van der Waals surface area contributed by atoms with E-state index in [0.717, 1.165) is 45.5 Å². The number of fused-ring (bicyclic) bond motifs is 12. The van der Waals surface area contributed by atoms with Crippen molar-refractivity contribution in [3.05, 3.63) is 144 Å². The van der Waals surface area contributed by atoms with E-state index in [1.807, 2.05) is 6.07 Å². The van der Waals surface area contributed by atoms with Crippen molar-refractivity contribution in [3.8, 4) is 17.3 Å². The van der Waals surface area contributed by atoms with Crippen LogP contribution in [0.5, 0.6) is 11.5 Å². The first-order valence-corrected chi connectivity index (χ1v) is 16.0. The largest absolute Gasteiger partial charge is 0.457 e. The predicted octanol–water partition coefficient (Wildman–Crippen LogP) is 9.81. The van der Waals surface area contributed by atoms with Gasteiger partial charge in [-0.05, 0) is 86.9 Å². The Bertz CT molecular complexity index is 2320. The number of ether oxygens (including phenoxy) is 1. The number of rotatable bonds is 1. The van der Waals surface area contributed by atoms with Gasteiger partial charge in [-0.15, -0.1) is 0 Å². The zero-order chi connectivity index (χ0) is 31.1. The number of allylic oxidation sites excluding steroid dienone is 2. The van der Waals surface area contributed by atoms with Gasteiger partial charge in [0.05, 0.1) is 29.3 Å². The molecule has 2 unspecified atom stereocenters. The molecule has 2 atom stereocenters. The molecular formula is C41H35N4O+. The van der Waals surface area contributed by atoms with Crippen molar-refractivity contribution in [2.24, 2.45) is 5.92 Å². The van der Waals surface area contributed by atoms with Gasteiger partial charge in [-0.25, -0.2) is 4.57 Å². The zero-order valence-corrected chi connectivity index (χ0v) is 26.5. The smallest absolute Gasteiger partial charge is 0.291 e. The maximum Gasteiger partial charge on any atom is 0.291 e. The SMILES string of the molecule is CC1=CC(C)C(N2C3=C[n+]4ccccc4-n4c5ccc(C)cc5c5ccc(cc54)Oc4cccc(c4)N3c3ccccc32)C(C)=C1. The van der Waals surface area contributed by atoms with Crippen molar-refractivity contribution >= 4 is 45.1 Å². The van der Waals surface area contributed by atoms with Crippen LogP contribution in [0.15, 0.2) is 138 Å². The van der Waals surface area contributed by atoms with Crippen molar-refractivity contribution in [1.29, 1.82) is 0 Å². The van der Waals surface area contributed by atoms with Crippen LogP contribution in [0.3, 0.4) is 0 Å². The summed E-state index contributed by atoms with van der Waals surface area (Å²) in [5.41, 5.74) is 9.57. The van der Waals surface area contributed by atoms with E-state index in [4.69, 9.17) is 4.74 Å². The molecule has 2 aromatic heterocycles. The Morgan fingerprint density at radius 3 is 2.41 bits per heavy atom. The average molecular weight is 600 g/mol. The van der Waals surface area contributed by atoms with E-state index < -0.39 is 0 Å². The number of hydrogen-bond acceptors (Lipinski definition) is 3. The molecule has 0 saturated carbocycles. The zero-order valence-electron chi connectivity index (χ0n) is 26.5. The molecule has 0 saturated heterocycles. The number of pyridine rings is 1. The summed E-state index contributed by atoms with van der Waals surface area (Å²) in [6.07, 6.45) is 9.21. The highest BCUT2D eigenvalue weighted by molar-refractivity contribution is 6.09. The number of aryl methyl sites for hydroxylation is 1. The molecule has 0 fully saturated rings. The molecule has 46 heavy (non-hydrogen) atoms. The maximum absolute atomic E-state index is 6.63. The molecule has 5 nitrogen and oxygen atoms in total. The monoisotopic (exact) mass is 599 g/mol. The van der Waals surface area contributed by atoms with Crippen LogP contribution in [0, 0.1) is 12.8 Å². The van der Waals surface area contributed by atoms with E-state index in [2.05, 4.69) is 168 Å². The number of anilines is 3. The first-order chi connectivity index (χ1) is 22.4. The van der Waals surface area contributed by atoms with Crippen molar-refractivity contribution in [2.75, 3.05) is 9.80 Å². The topological polar surface area (TPSA) is 24.5 Å². The maximum atomic E-state index is 6.63. The Balaban J connectivity index is 1.39. The van der Waals surface area contributed by atoms with Gasteiger partial charge in [0.1, 0.15) is 28.7 Å². The van der Waals surface area contributed by atoms with E-state index >= 15 is 0 Å². The van der Waals surface area contributed by atoms with Gasteiger partial charge >= 0.3 is 0 Å². The standard InChI is InChI=1S/C41H35N4O/c1-26-15-18-35-34(22-26)33-17-16-32-24-38(33)44(35)39-14-7-8-19-42(39)25-40-43(30-10-9-11-31(23-30)46-32)36-12-5-6-13-37(36)45(40)41-28(3)20-27(2)21-29(41)4/h5-25,28,41H,1-4H3/q+1. The summed E-state index contributed by atoms with van der Waals surface area (Å²) in [6.45, 7) is 8.97. The molecule has 0 amide bonds. The van der Waals surface area contributed by atoms with Crippen molar-refractivity contribution in [2.45, 2.75) is 33.7 Å². The van der Waals surface area contributed by atoms with Crippen LogP contribution in [-0.4, -0.2) is 10.6 Å². The third-order valence-corrected chi connectivity index (χ3v) is 9.64. The summed E-state index contributed by atoms with van der Waals surface area (Å²) in [6, 6.07) is 37.0. The molecule has 4 aromatic carbocycles. The van der Waals surface area contributed by atoms with Gasteiger partial charge in [-0.1, -0.05) is 60.5 Å². The summed E-state index contributed by atoms with van der Waals surface area (Å²) in [7, 11) is 0. The Labute approximate surface area is 269 Å². The lowest BCUT2D eigenvalue weighted by atomic mass is 9.86. The molecular weight excluding hydrogens is 564 g/mol. The number of aromatic nitrogens is 2. The summed E-state index contributed by atoms with van der Waals surface area (Å²) < 4.78 is 11.3. The Kier molecular flexibility index (Phi) is 5.82. The molecule has 9 rings (SSSR count). The fraction of sp³-hybridized carbons (Fsp3) is 0.146. The summed E-state index contributed by atoms with van der Waals surface area (Å²) in [5.74, 6) is 4.06. The molecule has 6 aromatic rings. The number of nitrogens with zero attached hydrogens (tertiary/aromatic N) is 4. The van der Waals surface area contributed by atoms with Crippen LogP contribution in [0.2, 0.25) is 0 Å². The van der Waals surface area contributed by atoms with Crippen LogP contribution in [0.25, 0.3) is 33.8 Å². The Hall–Kier alpha value is -5.55. The summed E-state index contributed by atoms with van der Waals surface area (Å²) in [4.78, 5) is 4.93. The lowest BCUT2D eigenvalue weighted by Gasteiger charge is -2.37. The van der Waals surface area contributed by atoms with E-state index in [9.17, 15) is 0 Å². The van der Waals surface area contributed by atoms with Crippen LogP contribution < -0.4 is 19.1 Å². The van der Waals surface area contributed by atoms with Crippen LogP contribution in [-0.2, 0) is 0 Å². The molecule has 0 spiro atoms. The quantitative estimate of drug-likeness (QED) is 0.176. The summed E-state index contributed by atoms with van der Waals surface area (Å²) >= 11 is 0. The lowest BCUT2D eigenvalue weighted by Crippen LogP contribution is -2.43. The van der Waals surface area contributed by atoms with Gasteiger partial charge in [0.2, 0.25) is 0 Å². The minimum absolute atomic E-state index is 0.154. The van der Waals surface area contributed by atoms with E-state index in [0.29, 0.717) is 5.92 Å². The molecule has 0 radical (unpaired) electrons. The van der Waals surface area contributed by atoms with Crippen LogP contribution in [0.4, 0.5) is 17.1 Å². The van der Waals surface area contributed by atoms with Crippen molar-refractivity contribution < 1.29 is 9.30 Å². The molecule has 4 heterocycles. The number of hydrogen-bond donors (Lipinski definition) is 0. The highest BCUT2D eigenvalue weighted by atomic mass is 16.5. The second-order valence-corrected chi connectivity index (χ2v) is 12.9. The van der Waals surface area contributed by atoms with Gasteiger partial charge in [0, 0.05) is 29.0 Å². The van der Waals surface area contributed by atoms with E-state index in [1.54, 1.807) is 0 Å². The Morgan fingerprint density at radius 2 is 1.54 bits per heavy atom. The van der Waals surface area contributed by atoms with Crippen molar-refractivity contribution in [3.63, 3.8) is 0 Å². The van der Waals surface area contributed by atoms with Gasteiger partial charge < -0.3 is 9.64 Å². The summed E-state index contributed by atoms with van der Waals surface area (Å²) in [5, 5.41) is 2.43. The van der Waals surface area contributed by atoms with Gasteiger partial charge in [0.15, 0.2) is 5.82 Å². The molecule has 2 aliphatic heterocycles. The lowest BCUT2D eigenvalue weighted by molar-refractivity contribution is -0.562. The highest BCUT2D eigenvalue weighted by Gasteiger charge is 2.41. The molecule has 224 valence electrons. The van der Waals surface area contributed by atoms with Crippen molar-refractivity contribution in [1.82, 2.24) is 4.57 Å². The van der Waals surface area contributed by atoms with Crippen LogP contribution >= 0.6 is 0 Å². The Morgan fingerprint density at radius 1 is 0.717 bits per heavy atom. The van der Waals surface area contributed by atoms with Gasteiger partial charge in [-0.3, -0.25) is 4.90 Å². The second kappa shape index (κ2) is 9.98. The predicted molar refractivity (Wildman–Crippen MR) is 188 cm³/mol. The van der Waals surface area contributed by atoms with E-state index in [-0.39, 0.29) is 6.04 Å². The molecule has 4 bridgehead atoms. The van der Waals surface area contributed by atoms with Gasteiger partial charge in [0.25, 0.3) is 5.82 Å². The minimum atomic E-state index is 0.154. The minimum Gasteiger partial charge on any atom is -0.457 e. The third-order valence-electron chi connectivity index (χ3n) is 9.64. The fourth-order valence-electron chi connectivity index (χ4n) is 7.86. The van der Waals surface area contributed by atoms with Gasteiger partial charge in [-0.2, -0.15) is 4.57 Å². The highest BCUT2D eigenvalue weighted by Crippen LogP contribution is 2.50. The van der Waals surface area contributed by atoms with Crippen LogP contribution in [0.1, 0.15) is 26.3 Å². The number of benzene rings is 4. The first-order valence-electron chi connectivity index (χ1n) is 16.0. The molecule has 3 aliphatic rings. The average Bonchev–Trinajstić information content (AvgIpc) is 3.52. The fourth-order valence-corrected chi connectivity index (χ4v) is 7.86. The third kappa shape index (κ3) is 3.98. The molecule has 0 N–H and O–H groups in total. The number of para-hydroxylation sites is 2. The second-order valence-electron chi connectivity index (χ2n) is 12.9. The van der Waals surface area contributed by atoms with E-state index in [1.165, 1.54) is 33.2 Å². The first kappa shape index (κ1) is 26.8. The molecule has 5 heteroatoms. The normalized spacial score (nSPS) is 18.5. The molecule has 1 aliphatic carbocycles.